The quantitative estimate of drug-likeness (QED) is 0.656. The van der Waals surface area contributed by atoms with Crippen LogP contribution in [0, 0.1) is 0 Å². The molecule has 3 heterocycles. The highest BCUT2D eigenvalue weighted by atomic mass is 16.5. The van der Waals surface area contributed by atoms with Gasteiger partial charge < -0.3 is 23.7 Å². The predicted molar refractivity (Wildman–Crippen MR) is 109 cm³/mol. The molecule has 1 aliphatic heterocycles. The summed E-state index contributed by atoms with van der Waals surface area (Å²) in [7, 11) is 5.39. The van der Waals surface area contributed by atoms with Crippen LogP contribution in [0.5, 0.6) is 11.6 Å². The molecule has 0 saturated carbocycles. The number of carbonyl (C=O) groups is 1. The van der Waals surface area contributed by atoms with Crippen LogP contribution in [0.15, 0.2) is 40.8 Å². The van der Waals surface area contributed by atoms with Crippen LogP contribution < -0.4 is 14.4 Å². The smallest absolute Gasteiger partial charge is 0.289 e. The number of benzene rings is 1. The Morgan fingerprint density at radius 1 is 1.24 bits per heavy atom. The summed E-state index contributed by atoms with van der Waals surface area (Å²) in [4.78, 5) is 16.6. The summed E-state index contributed by atoms with van der Waals surface area (Å²) in [6.45, 7) is 1.14. The topological polar surface area (TPSA) is 80.9 Å². The van der Waals surface area contributed by atoms with Crippen LogP contribution >= 0.6 is 0 Å². The first kappa shape index (κ1) is 19.0. The van der Waals surface area contributed by atoms with Gasteiger partial charge in [0.15, 0.2) is 22.9 Å². The van der Waals surface area contributed by atoms with Gasteiger partial charge in [-0.25, -0.2) is 0 Å². The standard InChI is InChI=1S/C21H24N4O4/c1-24(2)18-9-10-19(23-22-18)28-15-7-5-11-25(13-15)21(26)17-12-14-6-4-8-16(27-3)20(14)29-17/h4,6,8-10,12,15H,5,7,11,13H2,1-3H3. The molecule has 2 aromatic heterocycles. The highest BCUT2D eigenvalue weighted by Crippen LogP contribution is 2.29. The van der Waals surface area contributed by atoms with Crippen molar-refractivity contribution in [3.05, 3.63) is 42.2 Å². The Labute approximate surface area is 169 Å². The van der Waals surface area contributed by atoms with E-state index in [4.69, 9.17) is 13.9 Å². The normalized spacial score (nSPS) is 16.7. The fraction of sp³-hybridized carbons (Fsp3) is 0.381. The van der Waals surface area contributed by atoms with E-state index in [1.807, 2.05) is 43.3 Å². The molecule has 0 aliphatic carbocycles. The van der Waals surface area contributed by atoms with Crippen molar-refractivity contribution in [3.63, 3.8) is 0 Å². The molecule has 0 spiro atoms. The van der Waals surface area contributed by atoms with Crippen LogP contribution in [-0.4, -0.2) is 61.4 Å². The molecule has 152 valence electrons. The van der Waals surface area contributed by atoms with Gasteiger partial charge >= 0.3 is 0 Å². The van der Waals surface area contributed by atoms with Crippen LogP contribution in [0.1, 0.15) is 23.4 Å². The molecular formula is C21H24N4O4. The summed E-state index contributed by atoms with van der Waals surface area (Å²) in [6, 6.07) is 11.0. The third-order valence-corrected chi connectivity index (χ3v) is 4.98. The predicted octanol–water partition coefficient (Wildman–Crippen LogP) is 2.98. The van der Waals surface area contributed by atoms with Gasteiger partial charge in [0.25, 0.3) is 5.91 Å². The lowest BCUT2D eigenvalue weighted by molar-refractivity contribution is 0.0500. The Hall–Kier alpha value is -3.29. The lowest BCUT2D eigenvalue weighted by Gasteiger charge is -2.32. The number of amides is 1. The Morgan fingerprint density at radius 2 is 2.10 bits per heavy atom. The lowest BCUT2D eigenvalue weighted by Crippen LogP contribution is -2.44. The highest BCUT2D eigenvalue weighted by Gasteiger charge is 2.28. The number of hydrogen-bond donors (Lipinski definition) is 0. The number of furan rings is 1. The molecule has 0 bridgehead atoms. The van der Waals surface area contributed by atoms with E-state index in [-0.39, 0.29) is 12.0 Å². The molecule has 0 N–H and O–H groups in total. The van der Waals surface area contributed by atoms with E-state index >= 15 is 0 Å². The van der Waals surface area contributed by atoms with E-state index < -0.39 is 0 Å². The number of ether oxygens (including phenoxy) is 2. The van der Waals surface area contributed by atoms with Crippen LogP contribution in [0.3, 0.4) is 0 Å². The third kappa shape index (κ3) is 3.96. The van der Waals surface area contributed by atoms with Crippen LogP contribution in [0.2, 0.25) is 0 Å². The first-order valence-corrected chi connectivity index (χ1v) is 9.58. The molecule has 0 radical (unpaired) electrons. The minimum absolute atomic E-state index is 0.133. The van der Waals surface area contributed by atoms with Crippen molar-refractivity contribution in [1.82, 2.24) is 15.1 Å². The van der Waals surface area contributed by atoms with Gasteiger partial charge in [0.2, 0.25) is 5.88 Å². The number of methoxy groups -OCH3 is 1. The second kappa shape index (κ2) is 7.98. The second-order valence-corrected chi connectivity index (χ2v) is 7.25. The number of rotatable bonds is 5. The van der Waals surface area contributed by atoms with Gasteiger partial charge in [-0.2, -0.15) is 0 Å². The average Bonchev–Trinajstić information content (AvgIpc) is 3.18. The Balaban J connectivity index is 1.46. The van der Waals surface area contributed by atoms with E-state index in [1.165, 1.54) is 0 Å². The zero-order chi connectivity index (χ0) is 20.4. The second-order valence-electron chi connectivity index (χ2n) is 7.25. The fourth-order valence-electron chi connectivity index (χ4n) is 3.46. The number of para-hydroxylation sites is 1. The molecule has 1 unspecified atom stereocenters. The lowest BCUT2D eigenvalue weighted by atomic mass is 10.1. The zero-order valence-electron chi connectivity index (χ0n) is 16.8. The van der Waals surface area contributed by atoms with E-state index in [9.17, 15) is 4.79 Å². The van der Waals surface area contributed by atoms with E-state index in [1.54, 1.807) is 24.1 Å². The number of hydrogen-bond acceptors (Lipinski definition) is 7. The minimum atomic E-state index is -0.148. The van der Waals surface area contributed by atoms with Crippen molar-refractivity contribution >= 4 is 22.7 Å². The van der Waals surface area contributed by atoms with Gasteiger partial charge in [-0.3, -0.25) is 4.79 Å². The molecule has 3 aromatic rings. The first-order valence-electron chi connectivity index (χ1n) is 9.58. The summed E-state index contributed by atoms with van der Waals surface area (Å²) in [5, 5.41) is 9.09. The number of fused-ring (bicyclic) bond motifs is 1. The largest absolute Gasteiger partial charge is 0.493 e. The maximum absolute atomic E-state index is 13.0. The first-order chi connectivity index (χ1) is 14.0. The SMILES string of the molecule is COc1cccc2cc(C(=O)N3CCCC(Oc4ccc(N(C)C)nn4)C3)oc12. The Bertz CT molecular complexity index is 1000. The maximum Gasteiger partial charge on any atom is 0.289 e. The average molecular weight is 396 g/mol. The van der Waals surface area contributed by atoms with Gasteiger partial charge in [-0.15, -0.1) is 10.2 Å². The molecule has 1 atom stereocenters. The zero-order valence-corrected chi connectivity index (χ0v) is 16.8. The number of aromatic nitrogens is 2. The van der Waals surface area contributed by atoms with Crippen LogP contribution in [0.4, 0.5) is 5.82 Å². The monoisotopic (exact) mass is 396 g/mol. The van der Waals surface area contributed by atoms with Gasteiger partial charge in [0, 0.05) is 32.1 Å². The molecule has 29 heavy (non-hydrogen) atoms. The van der Waals surface area contributed by atoms with Crippen LogP contribution in [-0.2, 0) is 0 Å². The molecule has 1 fully saturated rings. The number of likely N-dealkylation sites (tertiary alicyclic amines) is 1. The van der Waals surface area contributed by atoms with Crippen molar-refractivity contribution < 1.29 is 18.7 Å². The minimum Gasteiger partial charge on any atom is -0.493 e. The fourth-order valence-corrected chi connectivity index (χ4v) is 3.46. The van der Waals surface area contributed by atoms with Crippen molar-refractivity contribution in [1.29, 1.82) is 0 Å². The molecule has 1 aliphatic rings. The summed E-state index contributed by atoms with van der Waals surface area (Å²) < 4.78 is 17.1. The summed E-state index contributed by atoms with van der Waals surface area (Å²) in [5.74, 6) is 1.99. The highest BCUT2D eigenvalue weighted by molar-refractivity contribution is 5.97. The molecule has 1 aromatic carbocycles. The number of anilines is 1. The van der Waals surface area contributed by atoms with E-state index in [2.05, 4.69) is 10.2 Å². The van der Waals surface area contributed by atoms with Gasteiger partial charge in [0.05, 0.1) is 13.7 Å². The molecular weight excluding hydrogens is 372 g/mol. The Morgan fingerprint density at radius 3 is 2.83 bits per heavy atom. The summed E-state index contributed by atoms with van der Waals surface area (Å²) in [6.07, 6.45) is 1.57. The summed E-state index contributed by atoms with van der Waals surface area (Å²) >= 11 is 0. The molecule has 8 heteroatoms. The van der Waals surface area contributed by atoms with E-state index in [0.717, 1.165) is 24.0 Å². The van der Waals surface area contributed by atoms with Crippen LogP contribution in [0.25, 0.3) is 11.0 Å². The van der Waals surface area contributed by atoms with E-state index in [0.29, 0.717) is 36.1 Å². The number of nitrogens with zero attached hydrogens (tertiary/aromatic N) is 4. The van der Waals surface area contributed by atoms with Crippen molar-refractivity contribution in [2.24, 2.45) is 0 Å². The van der Waals surface area contributed by atoms with Gasteiger partial charge in [-0.1, -0.05) is 12.1 Å². The third-order valence-electron chi connectivity index (χ3n) is 4.98. The number of piperidine rings is 1. The molecule has 8 nitrogen and oxygen atoms in total. The molecule has 1 amide bonds. The number of carbonyl (C=O) groups excluding carboxylic acids is 1. The Kier molecular flexibility index (Phi) is 5.24. The molecule has 4 rings (SSSR count). The van der Waals surface area contributed by atoms with Crippen molar-refractivity contribution in [2.75, 3.05) is 39.2 Å². The van der Waals surface area contributed by atoms with Crippen molar-refractivity contribution in [2.45, 2.75) is 18.9 Å². The summed E-state index contributed by atoms with van der Waals surface area (Å²) in [5.41, 5.74) is 0.583. The molecule has 1 saturated heterocycles. The van der Waals surface area contributed by atoms with Gasteiger partial charge in [-0.05, 0) is 31.0 Å². The van der Waals surface area contributed by atoms with Crippen molar-refractivity contribution in [3.8, 4) is 11.6 Å². The van der Waals surface area contributed by atoms with Gasteiger partial charge in [0.1, 0.15) is 6.10 Å². The maximum atomic E-state index is 13.0.